The molecule has 0 unspecified atom stereocenters. The van der Waals surface area contributed by atoms with E-state index in [9.17, 15) is 4.79 Å². The van der Waals surface area contributed by atoms with Crippen molar-refractivity contribution in [2.24, 2.45) is 0 Å². The van der Waals surface area contributed by atoms with E-state index in [2.05, 4.69) is 0 Å². The largest absolute Gasteiger partial charge is 0.496 e. The van der Waals surface area contributed by atoms with Crippen molar-refractivity contribution in [1.29, 1.82) is 0 Å². The first-order valence-electron chi connectivity index (χ1n) is 8.55. The Labute approximate surface area is 165 Å². The van der Waals surface area contributed by atoms with Gasteiger partial charge in [-0.25, -0.2) is 0 Å². The van der Waals surface area contributed by atoms with Crippen LogP contribution >= 0.6 is 11.6 Å². The number of nitrogens with zero attached hydrogens (tertiary/aromatic N) is 1. The Morgan fingerprint density at radius 1 is 1.15 bits per heavy atom. The molecule has 6 heteroatoms. The highest BCUT2D eigenvalue weighted by Crippen LogP contribution is 2.36. The van der Waals surface area contributed by atoms with E-state index in [0.29, 0.717) is 29.7 Å². The van der Waals surface area contributed by atoms with E-state index >= 15 is 0 Å². The molecular weight excluding hydrogens is 366 g/mol. The van der Waals surface area contributed by atoms with Crippen LogP contribution in [0.5, 0.6) is 17.2 Å². The molecule has 2 aromatic rings. The van der Waals surface area contributed by atoms with Gasteiger partial charge in [0, 0.05) is 25.2 Å². The summed E-state index contributed by atoms with van der Waals surface area (Å²) in [5.41, 5.74) is 1.69. The van der Waals surface area contributed by atoms with Gasteiger partial charge in [-0.2, -0.15) is 0 Å². The van der Waals surface area contributed by atoms with Crippen molar-refractivity contribution in [3.63, 3.8) is 0 Å². The molecule has 0 aliphatic rings. The molecule has 1 amide bonds. The average molecular weight is 390 g/mol. The number of ether oxygens (including phenoxy) is 3. The van der Waals surface area contributed by atoms with Crippen molar-refractivity contribution in [2.45, 2.75) is 13.5 Å². The first-order chi connectivity index (χ1) is 13.0. The Bertz CT molecular complexity index is 820. The monoisotopic (exact) mass is 389 g/mol. The summed E-state index contributed by atoms with van der Waals surface area (Å²) in [4.78, 5) is 14.1. The molecule has 0 spiro atoms. The minimum atomic E-state index is -0.134. The Balaban J connectivity index is 2.12. The fourth-order valence-electron chi connectivity index (χ4n) is 2.58. The molecule has 0 aromatic heterocycles. The maximum absolute atomic E-state index is 12.4. The van der Waals surface area contributed by atoms with Crippen LogP contribution in [0, 0.1) is 0 Å². The highest BCUT2D eigenvalue weighted by Gasteiger charge is 2.12. The fraction of sp³-hybridized carbons (Fsp3) is 0.286. The molecule has 5 nitrogen and oxygen atoms in total. The summed E-state index contributed by atoms with van der Waals surface area (Å²) < 4.78 is 16.2. The topological polar surface area (TPSA) is 48.0 Å². The van der Waals surface area contributed by atoms with Crippen molar-refractivity contribution in [3.05, 3.63) is 58.6 Å². The molecule has 2 rings (SSSR count). The lowest BCUT2D eigenvalue weighted by atomic mass is 10.1. The quantitative estimate of drug-likeness (QED) is 0.627. The van der Waals surface area contributed by atoms with Crippen molar-refractivity contribution in [2.75, 3.05) is 27.9 Å². The number of carbonyl (C=O) groups excluding carboxylic acids is 1. The lowest BCUT2D eigenvalue weighted by Gasteiger charge is -2.17. The van der Waals surface area contributed by atoms with Gasteiger partial charge < -0.3 is 19.1 Å². The van der Waals surface area contributed by atoms with Crippen LogP contribution in [0.3, 0.4) is 0 Å². The Kier molecular flexibility index (Phi) is 7.55. The van der Waals surface area contributed by atoms with Gasteiger partial charge in [-0.05, 0) is 36.8 Å². The first-order valence-corrected chi connectivity index (χ1v) is 8.93. The zero-order valence-corrected chi connectivity index (χ0v) is 16.7. The van der Waals surface area contributed by atoms with Gasteiger partial charge in [-0.1, -0.05) is 29.8 Å². The van der Waals surface area contributed by atoms with Gasteiger partial charge in [0.25, 0.3) is 0 Å². The number of benzene rings is 2. The van der Waals surface area contributed by atoms with Crippen molar-refractivity contribution < 1.29 is 19.0 Å². The lowest BCUT2D eigenvalue weighted by Crippen LogP contribution is -2.24. The zero-order valence-electron chi connectivity index (χ0n) is 16.0. The summed E-state index contributed by atoms with van der Waals surface area (Å²) in [5.74, 6) is 1.64. The van der Waals surface area contributed by atoms with Crippen LogP contribution in [0.1, 0.15) is 18.1 Å². The van der Waals surface area contributed by atoms with Crippen molar-refractivity contribution in [1.82, 2.24) is 4.90 Å². The maximum atomic E-state index is 12.4. The second kappa shape index (κ2) is 9.88. The molecule has 0 aliphatic carbocycles. The normalized spacial score (nSPS) is 10.7. The molecule has 0 bridgehead atoms. The predicted molar refractivity (Wildman–Crippen MR) is 108 cm³/mol. The summed E-state index contributed by atoms with van der Waals surface area (Å²) >= 11 is 6.26. The number of carbonyl (C=O) groups is 1. The number of methoxy groups -OCH3 is 2. The van der Waals surface area contributed by atoms with Gasteiger partial charge in [-0.15, -0.1) is 0 Å². The molecule has 0 radical (unpaired) electrons. The Morgan fingerprint density at radius 2 is 1.85 bits per heavy atom. The van der Waals surface area contributed by atoms with Crippen LogP contribution in [-0.2, 0) is 11.3 Å². The van der Waals surface area contributed by atoms with E-state index in [0.717, 1.165) is 16.9 Å². The third-order valence-electron chi connectivity index (χ3n) is 3.94. The number of hydrogen-bond donors (Lipinski definition) is 0. The van der Waals surface area contributed by atoms with E-state index < -0.39 is 0 Å². The molecule has 27 heavy (non-hydrogen) atoms. The predicted octanol–water partition coefficient (Wildman–Crippen LogP) is 4.43. The molecule has 0 aliphatic heterocycles. The van der Waals surface area contributed by atoms with Gasteiger partial charge in [-0.3, -0.25) is 4.79 Å². The van der Waals surface area contributed by atoms with Crippen LogP contribution in [0.4, 0.5) is 0 Å². The number of para-hydroxylation sites is 1. The number of hydrogen-bond acceptors (Lipinski definition) is 4. The number of rotatable bonds is 8. The molecule has 0 heterocycles. The van der Waals surface area contributed by atoms with Gasteiger partial charge in [0.1, 0.15) is 5.75 Å². The molecular formula is C21H24ClNO4. The summed E-state index contributed by atoms with van der Waals surface area (Å²) in [6.07, 6.45) is 3.20. The minimum Gasteiger partial charge on any atom is -0.496 e. The molecule has 0 saturated carbocycles. The molecule has 0 atom stereocenters. The third kappa shape index (κ3) is 5.41. The summed E-state index contributed by atoms with van der Waals surface area (Å²) in [6.45, 7) is 2.80. The molecule has 2 aromatic carbocycles. The van der Waals surface area contributed by atoms with E-state index in [1.165, 1.54) is 6.08 Å². The van der Waals surface area contributed by atoms with Gasteiger partial charge >= 0.3 is 0 Å². The lowest BCUT2D eigenvalue weighted by molar-refractivity contribution is -0.125. The van der Waals surface area contributed by atoms with Gasteiger partial charge in [0.15, 0.2) is 11.5 Å². The van der Waals surface area contributed by atoms with Crippen LogP contribution in [-0.4, -0.2) is 38.7 Å². The molecule has 144 valence electrons. The SMILES string of the molecule is CCOc1c(Cl)cc(C=CC(=O)N(C)Cc2ccccc2OC)cc1OC. The Hall–Kier alpha value is -2.66. The maximum Gasteiger partial charge on any atom is 0.246 e. The van der Waals surface area contributed by atoms with E-state index in [4.69, 9.17) is 25.8 Å². The molecule has 0 fully saturated rings. The van der Waals surface area contributed by atoms with Crippen molar-refractivity contribution >= 4 is 23.6 Å². The van der Waals surface area contributed by atoms with Gasteiger partial charge in [0.2, 0.25) is 5.91 Å². The summed E-state index contributed by atoms with van der Waals surface area (Å²) in [7, 11) is 4.91. The van der Waals surface area contributed by atoms with E-state index in [1.807, 2.05) is 31.2 Å². The standard InChI is InChI=1S/C21H24ClNO4/c1-5-27-21-17(22)12-15(13-19(21)26-4)10-11-20(24)23(2)14-16-8-6-7-9-18(16)25-3/h6-13H,5,14H2,1-4H3. The summed E-state index contributed by atoms with van der Waals surface area (Å²) in [5, 5.41) is 0.436. The average Bonchev–Trinajstić information content (AvgIpc) is 2.68. The Morgan fingerprint density at radius 3 is 2.52 bits per heavy atom. The molecule has 0 N–H and O–H groups in total. The highest BCUT2D eigenvalue weighted by molar-refractivity contribution is 6.32. The smallest absolute Gasteiger partial charge is 0.246 e. The summed E-state index contributed by atoms with van der Waals surface area (Å²) in [6, 6.07) is 11.1. The van der Waals surface area contributed by atoms with Gasteiger partial charge in [0.05, 0.1) is 25.8 Å². The molecule has 0 saturated heterocycles. The van der Waals surface area contributed by atoms with Crippen LogP contribution < -0.4 is 14.2 Å². The van der Waals surface area contributed by atoms with Crippen molar-refractivity contribution in [3.8, 4) is 17.2 Å². The highest BCUT2D eigenvalue weighted by atomic mass is 35.5. The van der Waals surface area contributed by atoms with Crippen LogP contribution in [0.2, 0.25) is 5.02 Å². The fourth-order valence-corrected chi connectivity index (χ4v) is 2.86. The van der Waals surface area contributed by atoms with Crippen LogP contribution in [0.25, 0.3) is 6.08 Å². The third-order valence-corrected chi connectivity index (χ3v) is 4.22. The second-order valence-corrected chi connectivity index (χ2v) is 6.21. The van der Waals surface area contributed by atoms with E-state index in [-0.39, 0.29) is 5.91 Å². The number of likely N-dealkylation sites (N-methyl/N-ethyl adjacent to an activating group) is 1. The second-order valence-electron chi connectivity index (χ2n) is 5.81. The number of amides is 1. The number of halogens is 1. The first kappa shape index (κ1) is 20.6. The van der Waals surface area contributed by atoms with Crippen LogP contribution in [0.15, 0.2) is 42.5 Å². The van der Waals surface area contributed by atoms with E-state index in [1.54, 1.807) is 44.4 Å². The minimum absolute atomic E-state index is 0.134. The zero-order chi connectivity index (χ0) is 19.8.